The van der Waals surface area contributed by atoms with Crippen molar-refractivity contribution in [2.75, 3.05) is 51.3 Å². The van der Waals surface area contributed by atoms with E-state index in [1.54, 1.807) is 6.07 Å². The number of anilines is 1. The first kappa shape index (κ1) is 21.5. The molecule has 2 saturated heterocycles. The maximum Gasteiger partial charge on any atom is 0.258 e. The second kappa shape index (κ2) is 8.61. The van der Waals surface area contributed by atoms with Crippen LogP contribution in [0.3, 0.4) is 0 Å². The van der Waals surface area contributed by atoms with Crippen LogP contribution in [0.1, 0.15) is 23.2 Å². The molecule has 176 valence electrons. The molecule has 0 saturated carbocycles. The lowest BCUT2D eigenvalue weighted by Crippen LogP contribution is -2.47. The normalized spacial score (nSPS) is 19.8. The average Bonchev–Trinajstić information content (AvgIpc) is 3.23. The van der Waals surface area contributed by atoms with E-state index in [-0.39, 0.29) is 22.9 Å². The molecule has 2 aliphatic heterocycles. The van der Waals surface area contributed by atoms with Gasteiger partial charge in [0.2, 0.25) is 5.43 Å². The number of nitrogens with one attached hydrogen (secondary N) is 1. The summed E-state index contributed by atoms with van der Waals surface area (Å²) in [6.07, 6.45) is 1.93. The zero-order valence-corrected chi connectivity index (χ0v) is 19.8. The second-order valence-electron chi connectivity index (χ2n) is 9.03. The molecule has 0 bridgehead atoms. The van der Waals surface area contributed by atoms with E-state index in [9.17, 15) is 9.59 Å². The number of hydrogen-bond donors (Lipinski definition) is 1. The first-order chi connectivity index (χ1) is 16.6. The minimum atomic E-state index is -0.319. The number of nitrogens with zero attached hydrogens (tertiary/aromatic N) is 5. The minimum absolute atomic E-state index is 0.0234. The number of likely N-dealkylation sites (N-methyl/N-ethyl adjacent to an activating group) is 1. The fraction of sp³-hybridized carbons (Fsp3) is 0.417. The van der Waals surface area contributed by atoms with Crippen LogP contribution >= 0.6 is 11.3 Å². The van der Waals surface area contributed by atoms with Crippen LogP contribution in [0.5, 0.6) is 0 Å². The number of carbonyl (C=O) groups excluding carboxylic acids is 1. The first-order valence-electron chi connectivity index (χ1n) is 11.7. The van der Waals surface area contributed by atoms with Crippen molar-refractivity contribution >= 4 is 49.1 Å². The molecule has 6 rings (SSSR count). The highest BCUT2D eigenvalue weighted by molar-refractivity contribution is 7.24. The molecule has 4 aromatic rings. The highest BCUT2D eigenvalue weighted by Crippen LogP contribution is 2.31. The summed E-state index contributed by atoms with van der Waals surface area (Å²) in [5.74, 6) is 0.314. The summed E-state index contributed by atoms with van der Waals surface area (Å²) in [7, 11) is 2.05. The Labute approximate surface area is 199 Å². The molecule has 10 heteroatoms. The summed E-state index contributed by atoms with van der Waals surface area (Å²) in [5.41, 5.74) is 1.27. The van der Waals surface area contributed by atoms with Crippen LogP contribution in [0.15, 0.2) is 35.1 Å². The Hall–Kier alpha value is -3.08. The van der Waals surface area contributed by atoms with Gasteiger partial charge in [0.1, 0.15) is 10.4 Å². The Morgan fingerprint density at radius 3 is 2.82 bits per heavy atom. The summed E-state index contributed by atoms with van der Waals surface area (Å²) < 4.78 is 8.34. The number of hydrogen-bond acceptors (Lipinski definition) is 8. The molecule has 0 spiro atoms. The molecule has 34 heavy (non-hydrogen) atoms. The average molecular weight is 479 g/mol. The largest absolute Gasteiger partial charge is 0.378 e. The number of para-hydroxylation sites is 1. The summed E-state index contributed by atoms with van der Waals surface area (Å²) in [5, 5.41) is 12.5. The van der Waals surface area contributed by atoms with Crippen LogP contribution in [-0.4, -0.2) is 77.9 Å². The molecule has 5 heterocycles. The molecule has 1 N–H and O–H groups in total. The van der Waals surface area contributed by atoms with E-state index in [0.717, 1.165) is 36.1 Å². The molecule has 3 aromatic heterocycles. The van der Waals surface area contributed by atoms with E-state index in [1.807, 2.05) is 28.7 Å². The SMILES string of the molecule is CN1CCCC(NC(=O)c2c(=O)c3cc(N4CCOCC4)nnc3n3c2sc2ccccc23)C1. The molecule has 1 amide bonds. The van der Waals surface area contributed by atoms with Crippen LogP contribution < -0.4 is 15.6 Å². The lowest BCUT2D eigenvalue weighted by molar-refractivity contribution is 0.0913. The van der Waals surface area contributed by atoms with E-state index in [0.29, 0.717) is 48.0 Å². The summed E-state index contributed by atoms with van der Waals surface area (Å²) >= 11 is 1.44. The third-order valence-electron chi connectivity index (χ3n) is 6.70. The third-order valence-corrected chi connectivity index (χ3v) is 7.84. The number of aromatic nitrogens is 3. The Morgan fingerprint density at radius 1 is 1.18 bits per heavy atom. The molecule has 9 nitrogen and oxygen atoms in total. The summed E-state index contributed by atoms with van der Waals surface area (Å²) in [4.78, 5) is 32.3. The number of benzene rings is 1. The van der Waals surface area contributed by atoms with Crippen LogP contribution in [0.25, 0.3) is 26.1 Å². The minimum Gasteiger partial charge on any atom is -0.378 e. The smallest absolute Gasteiger partial charge is 0.258 e. The van der Waals surface area contributed by atoms with E-state index in [2.05, 4.69) is 32.4 Å². The van der Waals surface area contributed by atoms with Gasteiger partial charge in [-0.1, -0.05) is 12.1 Å². The highest BCUT2D eigenvalue weighted by atomic mass is 32.1. The Balaban J connectivity index is 1.55. The lowest BCUT2D eigenvalue weighted by Gasteiger charge is -2.30. The number of amides is 1. The van der Waals surface area contributed by atoms with Crippen LogP contribution in [0.4, 0.5) is 5.82 Å². The van der Waals surface area contributed by atoms with Gasteiger partial charge in [-0.3, -0.25) is 14.0 Å². The molecule has 2 aliphatic rings. The number of thiazole rings is 1. The number of likely N-dealkylation sites (tertiary alicyclic amines) is 1. The maximum atomic E-state index is 13.8. The fourth-order valence-corrected chi connectivity index (χ4v) is 6.17. The Bertz CT molecular complexity index is 1460. The van der Waals surface area contributed by atoms with Crippen molar-refractivity contribution in [1.29, 1.82) is 0 Å². The summed E-state index contributed by atoms with van der Waals surface area (Å²) in [6, 6.07) is 9.69. The number of ether oxygens (including phenoxy) is 1. The molecule has 1 atom stereocenters. The van der Waals surface area contributed by atoms with Crippen molar-refractivity contribution in [2.24, 2.45) is 0 Å². The van der Waals surface area contributed by atoms with Crippen molar-refractivity contribution in [3.63, 3.8) is 0 Å². The van der Waals surface area contributed by atoms with Crippen molar-refractivity contribution in [3.05, 3.63) is 46.1 Å². The molecule has 1 aromatic carbocycles. The van der Waals surface area contributed by atoms with Gasteiger partial charge in [0.05, 0.1) is 28.8 Å². The van der Waals surface area contributed by atoms with E-state index >= 15 is 0 Å². The van der Waals surface area contributed by atoms with Gasteiger partial charge in [0.15, 0.2) is 11.5 Å². The third kappa shape index (κ3) is 3.62. The summed E-state index contributed by atoms with van der Waals surface area (Å²) in [6.45, 7) is 4.39. The molecule has 2 fully saturated rings. The standard InChI is InChI=1S/C24H26N6O3S/c1-28-8-4-5-15(14-28)25-23(32)20-21(31)16-13-19(29-9-11-33-12-10-29)26-27-22(16)30-17-6-2-3-7-18(17)34-24(20)30/h2-3,6-7,13,15H,4-5,8-12,14H2,1H3,(H,25,32). The van der Waals surface area contributed by atoms with Gasteiger partial charge in [-0.2, -0.15) is 0 Å². The van der Waals surface area contributed by atoms with Gasteiger partial charge in [0.25, 0.3) is 5.91 Å². The van der Waals surface area contributed by atoms with Crippen molar-refractivity contribution < 1.29 is 9.53 Å². The van der Waals surface area contributed by atoms with Crippen molar-refractivity contribution in [1.82, 2.24) is 24.8 Å². The number of carbonyl (C=O) groups is 1. The monoisotopic (exact) mass is 478 g/mol. The predicted molar refractivity (Wildman–Crippen MR) is 133 cm³/mol. The van der Waals surface area contributed by atoms with Crippen molar-refractivity contribution in [2.45, 2.75) is 18.9 Å². The molecule has 1 unspecified atom stereocenters. The van der Waals surface area contributed by atoms with Gasteiger partial charge in [-0.15, -0.1) is 21.5 Å². The van der Waals surface area contributed by atoms with Gasteiger partial charge in [-0.05, 0) is 44.6 Å². The van der Waals surface area contributed by atoms with Gasteiger partial charge in [-0.25, -0.2) is 0 Å². The van der Waals surface area contributed by atoms with Crippen LogP contribution in [0, 0.1) is 0 Å². The quantitative estimate of drug-likeness (QED) is 0.482. The number of rotatable bonds is 3. The maximum absolute atomic E-state index is 13.8. The molecular weight excluding hydrogens is 452 g/mol. The Morgan fingerprint density at radius 2 is 2.00 bits per heavy atom. The van der Waals surface area contributed by atoms with Gasteiger partial charge >= 0.3 is 0 Å². The number of pyridine rings is 1. The van der Waals surface area contributed by atoms with Crippen molar-refractivity contribution in [3.8, 4) is 0 Å². The molecular formula is C24H26N6O3S. The molecule has 0 radical (unpaired) electrons. The van der Waals surface area contributed by atoms with Crippen LogP contribution in [-0.2, 0) is 4.74 Å². The number of fused-ring (bicyclic) bond motifs is 5. The van der Waals surface area contributed by atoms with Gasteiger partial charge < -0.3 is 19.9 Å². The Kier molecular flexibility index (Phi) is 5.43. The second-order valence-corrected chi connectivity index (χ2v) is 10.1. The predicted octanol–water partition coefficient (Wildman–Crippen LogP) is 2.12. The number of piperidine rings is 1. The topological polar surface area (TPSA) is 92.1 Å². The fourth-order valence-electron chi connectivity index (χ4n) is 4.99. The van der Waals surface area contributed by atoms with E-state index in [4.69, 9.17) is 4.74 Å². The van der Waals surface area contributed by atoms with Gasteiger partial charge in [0, 0.05) is 25.7 Å². The zero-order valence-electron chi connectivity index (χ0n) is 19.0. The zero-order chi connectivity index (χ0) is 23.2. The van der Waals surface area contributed by atoms with Crippen LogP contribution in [0.2, 0.25) is 0 Å². The lowest BCUT2D eigenvalue weighted by atomic mass is 10.1. The molecule has 0 aliphatic carbocycles. The van der Waals surface area contributed by atoms with E-state index < -0.39 is 0 Å². The highest BCUT2D eigenvalue weighted by Gasteiger charge is 2.27. The number of morpholine rings is 1. The first-order valence-corrected chi connectivity index (χ1v) is 12.5. The van der Waals surface area contributed by atoms with E-state index in [1.165, 1.54) is 11.3 Å².